The Kier molecular flexibility index (Phi) is 3.50. The van der Waals surface area contributed by atoms with Gasteiger partial charge in [0.05, 0.1) is 12.8 Å². The zero-order valence-electron chi connectivity index (χ0n) is 13.1. The van der Waals surface area contributed by atoms with Gasteiger partial charge >= 0.3 is 0 Å². The summed E-state index contributed by atoms with van der Waals surface area (Å²) >= 11 is 0. The molecule has 0 aliphatic rings. The van der Waals surface area contributed by atoms with E-state index in [0.29, 0.717) is 5.82 Å². The molecule has 0 unspecified atom stereocenters. The van der Waals surface area contributed by atoms with E-state index in [4.69, 9.17) is 15.6 Å². The van der Waals surface area contributed by atoms with Gasteiger partial charge in [-0.2, -0.15) is 5.10 Å². The molecule has 0 aliphatic carbocycles. The van der Waals surface area contributed by atoms with Gasteiger partial charge in [0.25, 0.3) is 0 Å². The number of anilines is 1. The number of nitrogen functional groups attached to an aromatic ring is 1. The number of nitrogens with zero attached hydrogens (tertiary/aromatic N) is 2. The van der Waals surface area contributed by atoms with E-state index in [1.807, 2.05) is 32.0 Å². The number of benzene rings is 1. The lowest BCUT2D eigenvalue weighted by Crippen LogP contribution is -2.14. The number of aromatic nitrogens is 2. The second-order valence-electron chi connectivity index (χ2n) is 6.15. The van der Waals surface area contributed by atoms with Gasteiger partial charge in [-0.05, 0) is 25.5 Å². The van der Waals surface area contributed by atoms with Crippen molar-refractivity contribution in [3.05, 3.63) is 35.0 Å². The molecule has 2 aromatic rings. The normalized spacial score (nSPS) is 11.7. The maximum absolute atomic E-state index is 6.27. The fourth-order valence-corrected chi connectivity index (χ4v) is 2.46. The summed E-state index contributed by atoms with van der Waals surface area (Å²) in [4.78, 5) is 0. The zero-order valence-corrected chi connectivity index (χ0v) is 13.1. The predicted octanol–water partition coefficient (Wildman–Crippen LogP) is 3.38. The van der Waals surface area contributed by atoms with Gasteiger partial charge in [-0.25, -0.2) is 4.68 Å². The van der Waals surface area contributed by atoms with E-state index in [1.165, 1.54) is 0 Å². The molecular weight excluding hydrogens is 250 g/mol. The van der Waals surface area contributed by atoms with Crippen molar-refractivity contribution in [1.29, 1.82) is 0 Å². The first-order valence-electron chi connectivity index (χ1n) is 6.77. The number of hydrogen-bond acceptors (Lipinski definition) is 3. The Hall–Kier alpha value is -1.97. The third kappa shape index (κ3) is 2.26. The van der Waals surface area contributed by atoms with Crippen LogP contribution >= 0.6 is 0 Å². The highest BCUT2D eigenvalue weighted by Gasteiger charge is 2.25. The minimum Gasteiger partial charge on any atom is -0.494 e. The largest absolute Gasteiger partial charge is 0.494 e. The third-order valence-electron chi connectivity index (χ3n) is 3.51. The van der Waals surface area contributed by atoms with Crippen molar-refractivity contribution in [1.82, 2.24) is 9.78 Å². The van der Waals surface area contributed by atoms with Crippen LogP contribution in [0.25, 0.3) is 5.69 Å². The molecule has 0 saturated carbocycles. The minimum absolute atomic E-state index is 0.0423. The minimum atomic E-state index is -0.0423. The highest BCUT2D eigenvalue weighted by atomic mass is 16.5. The summed E-state index contributed by atoms with van der Waals surface area (Å²) in [7, 11) is 1.66. The molecule has 0 bridgehead atoms. The van der Waals surface area contributed by atoms with E-state index in [9.17, 15) is 0 Å². The first-order chi connectivity index (χ1) is 9.27. The van der Waals surface area contributed by atoms with E-state index < -0.39 is 0 Å². The molecule has 0 saturated heterocycles. The SMILES string of the molecule is COc1cccc(C)c1-n1nc(C(C)(C)C)c(C)c1N. The molecule has 0 amide bonds. The number of nitrogens with two attached hydrogens (primary N) is 1. The van der Waals surface area contributed by atoms with E-state index >= 15 is 0 Å². The summed E-state index contributed by atoms with van der Waals surface area (Å²) in [5.41, 5.74) is 10.3. The average molecular weight is 273 g/mol. The van der Waals surface area contributed by atoms with Crippen molar-refractivity contribution in [2.75, 3.05) is 12.8 Å². The summed E-state index contributed by atoms with van der Waals surface area (Å²) in [5.74, 6) is 1.45. The zero-order chi connectivity index (χ0) is 15.1. The van der Waals surface area contributed by atoms with Crippen molar-refractivity contribution in [2.45, 2.75) is 40.0 Å². The van der Waals surface area contributed by atoms with E-state index in [2.05, 4.69) is 20.8 Å². The van der Waals surface area contributed by atoms with Crippen LogP contribution in [0.3, 0.4) is 0 Å². The molecule has 0 spiro atoms. The molecule has 0 aliphatic heterocycles. The Balaban J connectivity index is 2.72. The molecule has 1 aromatic carbocycles. The number of methoxy groups -OCH3 is 1. The van der Waals surface area contributed by atoms with E-state index in [-0.39, 0.29) is 5.41 Å². The Labute approximate surface area is 120 Å². The van der Waals surface area contributed by atoms with E-state index in [1.54, 1.807) is 11.8 Å². The van der Waals surface area contributed by atoms with E-state index in [0.717, 1.165) is 28.3 Å². The predicted molar refractivity (Wildman–Crippen MR) is 82.7 cm³/mol. The maximum Gasteiger partial charge on any atom is 0.144 e. The summed E-state index contributed by atoms with van der Waals surface area (Å²) in [6.07, 6.45) is 0. The first kappa shape index (κ1) is 14.4. The highest BCUT2D eigenvalue weighted by Crippen LogP contribution is 2.33. The summed E-state index contributed by atoms with van der Waals surface area (Å²) in [6, 6.07) is 5.93. The van der Waals surface area contributed by atoms with Crippen molar-refractivity contribution in [2.24, 2.45) is 0 Å². The van der Waals surface area contributed by atoms with Gasteiger partial charge in [0.15, 0.2) is 0 Å². The summed E-state index contributed by atoms with van der Waals surface area (Å²) in [5, 5.41) is 4.73. The van der Waals surface area contributed by atoms with Crippen LogP contribution in [0, 0.1) is 13.8 Å². The maximum atomic E-state index is 6.27. The quantitative estimate of drug-likeness (QED) is 0.912. The molecule has 1 aromatic heterocycles. The van der Waals surface area contributed by atoms with Crippen molar-refractivity contribution >= 4 is 5.82 Å². The van der Waals surface area contributed by atoms with Gasteiger partial charge in [0.1, 0.15) is 17.3 Å². The molecule has 0 atom stereocenters. The highest BCUT2D eigenvalue weighted by molar-refractivity contribution is 5.58. The van der Waals surface area contributed by atoms with Crippen LogP contribution in [-0.4, -0.2) is 16.9 Å². The molecule has 0 radical (unpaired) electrons. The smallest absolute Gasteiger partial charge is 0.144 e. The molecule has 0 fully saturated rings. The molecule has 4 heteroatoms. The van der Waals surface area contributed by atoms with Gasteiger partial charge in [0, 0.05) is 11.0 Å². The number of rotatable bonds is 2. The Morgan fingerprint density at radius 1 is 1.20 bits per heavy atom. The Morgan fingerprint density at radius 3 is 2.35 bits per heavy atom. The molecule has 108 valence electrons. The second-order valence-corrected chi connectivity index (χ2v) is 6.15. The van der Waals surface area contributed by atoms with Crippen molar-refractivity contribution < 1.29 is 4.74 Å². The monoisotopic (exact) mass is 273 g/mol. The number of hydrogen-bond donors (Lipinski definition) is 1. The van der Waals surface area contributed by atoms with Crippen molar-refractivity contribution in [3.8, 4) is 11.4 Å². The van der Waals surface area contributed by atoms with Crippen LogP contribution < -0.4 is 10.5 Å². The van der Waals surface area contributed by atoms with Gasteiger partial charge in [-0.3, -0.25) is 0 Å². The molecule has 2 N–H and O–H groups in total. The number of ether oxygens (including phenoxy) is 1. The van der Waals surface area contributed by atoms with Crippen LogP contribution in [-0.2, 0) is 5.41 Å². The van der Waals surface area contributed by atoms with Crippen LogP contribution in [0.2, 0.25) is 0 Å². The van der Waals surface area contributed by atoms with Crippen LogP contribution in [0.5, 0.6) is 5.75 Å². The number of para-hydroxylation sites is 1. The lowest BCUT2D eigenvalue weighted by atomic mass is 9.90. The molecule has 4 nitrogen and oxygen atoms in total. The van der Waals surface area contributed by atoms with Gasteiger partial charge < -0.3 is 10.5 Å². The second kappa shape index (κ2) is 4.85. The molecule has 2 rings (SSSR count). The fourth-order valence-electron chi connectivity index (χ4n) is 2.46. The lowest BCUT2D eigenvalue weighted by Gasteiger charge is -2.16. The summed E-state index contributed by atoms with van der Waals surface area (Å²) < 4.78 is 7.25. The van der Waals surface area contributed by atoms with Crippen LogP contribution in [0.15, 0.2) is 18.2 Å². The summed E-state index contributed by atoms with van der Waals surface area (Å²) in [6.45, 7) is 10.5. The first-order valence-corrected chi connectivity index (χ1v) is 6.77. The number of aryl methyl sites for hydroxylation is 1. The average Bonchev–Trinajstić information content (AvgIpc) is 2.66. The third-order valence-corrected chi connectivity index (χ3v) is 3.51. The Morgan fingerprint density at radius 2 is 1.85 bits per heavy atom. The van der Waals surface area contributed by atoms with Gasteiger partial charge in [-0.15, -0.1) is 0 Å². The topological polar surface area (TPSA) is 53.1 Å². The molecule has 20 heavy (non-hydrogen) atoms. The molecular formula is C16H23N3O. The van der Waals surface area contributed by atoms with Crippen LogP contribution in [0.1, 0.15) is 37.6 Å². The van der Waals surface area contributed by atoms with Crippen molar-refractivity contribution in [3.63, 3.8) is 0 Å². The Bertz CT molecular complexity index is 636. The van der Waals surface area contributed by atoms with Gasteiger partial charge in [-0.1, -0.05) is 32.9 Å². The standard InChI is InChI=1S/C16H23N3O/c1-10-8-7-9-12(20-6)13(10)19-15(17)11(2)14(18-19)16(3,4)5/h7-9H,17H2,1-6H3. The van der Waals surface area contributed by atoms with Crippen LogP contribution in [0.4, 0.5) is 5.82 Å². The van der Waals surface area contributed by atoms with Gasteiger partial charge in [0.2, 0.25) is 0 Å². The molecule has 1 heterocycles. The fraction of sp³-hybridized carbons (Fsp3) is 0.438. The lowest BCUT2D eigenvalue weighted by molar-refractivity contribution is 0.411.